The van der Waals surface area contributed by atoms with Crippen molar-refractivity contribution in [2.24, 2.45) is 5.92 Å². The molecule has 0 fully saturated rings. The van der Waals surface area contributed by atoms with Crippen molar-refractivity contribution in [3.63, 3.8) is 0 Å². The summed E-state index contributed by atoms with van der Waals surface area (Å²) in [7, 11) is 0. The fraction of sp³-hybridized carbons (Fsp3) is 0.529. The van der Waals surface area contributed by atoms with Gasteiger partial charge in [-0.25, -0.2) is 0 Å². The second kappa shape index (κ2) is 5.26. The molecule has 0 bridgehead atoms. The van der Waals surface area contributed by atoms with Crippen LogP contribution in [0.15, 0.2) is 12.1 Å². The summed E-state index contributed by atoms with van der Waals surface area (Å²) in [5.41, 5.74) is 4.68. The molecule has 19 heavy (non-hydrogen) atoms. The van der Waals surface area contributed by atoms with E-state index in [9.17, 15) is 0 Å². The molecule has 0 aliphatic heterocycles. The first-order valence-corrected chi connectivity index (χ1v) is 8.21. The second-order valence-electron chi connectivity index (χ2n) is 6.15. The Balaban J connectivity index is 1.88. The molecule has 1 nitrogen and oxygen atoms in total. The Morgan fingerprint density at radius 1 is 1.21 bits per heavy atom. The van der Waals surface area contributed by atoms with Gasteiger partial charge in [-0.1, -0.05) is 13.8 Å². The van der Waals surface area contributed by atoms with E-state index in [1.807, 2.05) is 11.3 Å². The van der Waals surface area contributed by atoms with E-state index in [0.29, 0.717) is 0 Å². The molecule has 1 N–H and O–H groups in total. The lowest BCUT2D eigenvalue weighted by Crippen LogP contribution is -2.18. The molecular formula is C17H23NS. The zero-order valence-electron chi connectivity index (χ0n) is 12.2. The Morgan fingerprint density at radius 2 is 1.95 bits per heavy atom. The highest BCUT2D eigenvalue weighted by molar-refractivity contribution is 7.19. The lowest BCUT2D eigenvalue weighted by Gasteiger charge is -2.06. The van der Waals surface area contributed by atoms with Gasteiger partial charge in [-0.2, -0.15) is 0 Å². The third kappa shape index (κ3) is 2.56. The molecule has 1 aromatic carbocycles. The van der Waals surface area contributed by atoms with E-state index < -0.39 is 0 Å². The zero-order chi connectivity index (χ0) is 13.4. The van der Waals surface area contributed by atoms with E-state index in [2.05, 4.69) is 38.2 Å². The maximum Gasteiger partial charge on any atom is 0.0351 e. The molecule has 0 atom stereocenters. The van der Waals surface area contributed by atoms with Gasteiger partial charge >= 0.3 is 0 Å². The summed E-state index contributed by atoms with van der Waals surface area (Å²) in [6.45, 7) is 8.93. The minimum atomic E-state index is 0.721. The SMILES string of the molecule is Cc1c(CNCC(C)C)sc2cc3c(cc12)CCC3. The fourth-order valence-electron chi connectivity index (χ4n) is 2.98. The minimum Gasteiger partial charge on any atom is -0.312 e. The monoisotopic (exact) mass is 273 g/mol. The number of thiophene rings is 1. The van der Waals surface area contributed by atoms with Crippen LogP contribution in [0.1, 0.15) is 41.8 Å². The maximum atomic E-state index is 3.57. The second-order valence-corrected chi connectivity index (χ2v) is 7.28. The van der Waals surface area contributed by atoms with E-state index in [1.165, 1.54) is 39.8 Å². The van der Waals surface area contributed by atoms with Crippen molar-refractivity contribution < 1.29 is 0 Å². The van der Waals surface area contributed by atoms with Gasteiger partial charge in [0.05, 0.1) is 0 Å². The predicted octanol–water partition coefficient (Wildman–Crippen LogP) is 4.44. The van der Waals surface area contributed by atoms with Crippen LogP contribution in [0.5, 0.6) is 0 Å². The molecule has 0 unspecified atom stereocenters. The van der Waals surface area contributed by atoms with Gasteiger partial charge in [0.1, 0.15) is 0 Å². The highest BCUT2D eigenvalue weighted by atomic mass is 32.1. The first-order chi connectivity index (χ1) is 9.15. The minimum absolute atomic E-state index is 0.721. The Labute approximate surface area is 120 Å². The molecule has 1 aliphatic carbocycles. The van der Waals surface area contributed by atoms with Crippen molar-refractivity contribution in [2.75, 3.05) is 6.54 Å². The lowest BCUT2D eigenvalue weighted by molar-refractivity contribution is 0.554. The summed E-state index contributed by atoms with van der Waals surface area (Å²) in [4.78, 5) is 1.51. The van der Waals surface area contributed by atoms with Crippen molar-refractivity contribution in [1.82, 2.24) is 5.32 Å². The van der Waals surface area contributed by atoms with Gasteiger partial charge in [0.2, 0.25) is 0 Å². The van der Waals surface area contributed by atoms with Gasteiger partial charge in [-0.3, -0.25) is 0 Å². The number of hydrogen-bond donors (Lipinski definition) is 1. The molecule has 2 aromatic rings. The molecule has 0 saturated carbocycles. The zero-order valence-corrected chi connectivity index (χ0v) is 13.0. The summed E-state index contributed by atoms with van der Waals surface area (Å²) in [6.07, 6.45) is 3.90. The van der Waals surface area contributed by atoms with Crippen LogP contribution in [0.3, 0.4) is 0 Å². The molecule has 0 spiro atoms. The smallest absolute Gasteiger partial charge is 0.0351 e. The van der Waals surface area contributed by atoms with E-state index >= 15 is 0 Å². The highest BCUT2D eigenvalue weighted by Gasteiger charge is 2.15. The van der Waals surface area contributed by atoms with Crippen molar-refractivity contribution >= 4 is 21.4 Å². The highest BCUT2D eigenvalue weighted by Crippen LogP contribution is 2.35. The van der Waals surface area contributed by atoms with Gasteiger partial charge in [0.25, 0.3) is 0 Å². The molecule has 0 amide bonds. The maximum absolute atomic E-state index is 3.57. The molecule has 1 heterocycles. The average molecular weight is 273 g/mol. The quantitative estimate of drug-likeness (QED) is 0.868. The van der Waals surface area contributed by atoms with E-state index in [0.717, 1.165) is 19.0 Å². The topological polar surface area (TPSA) is 12.0 Å². The van der Waals surface area contributed by atoms with Gasteiger partial charge in [0, 0.05) is 16.1 Å². The van der Waals surface area contributed by atoms with E-state index in [1.54, 1.807) is 11.1 Å². The Morgan fingerprint density at radius 3 is 2.68 bits per heavy atom. The van der Waals surface area contributed by atoms with Crippen LogP contribution in [0.25, 0.3) is 10.1 Å². The predicted molar refractivity (Wildman–Crippen MR) is 85.1 cm³/mol. The third-order valence-corrected chi connectivity index (χ3v) is 5.34. The molecular weight excluding hydrogens is 250 g/mol. The molecule has 102 valence electrons. The third-order valence-electron chi connectivity index (χ3n) is 4.09. The fourth-order valence-corrected chi connectivity index (χ4v) is 4.21. The number of nitrogens with one attached hydrogen (secondary N) is 1. The average Bonchev–Trinajstić information content (AvgIpc) is 2.92. The van der Waals surface area contributed by atoms with Crippen molar-refractivity contribution in [3.8, 4) is 0 Å². The lowest BCUT2D eigenvalue weighted by atomic mass is 10.1. The van der Waals surface area contributed by atoms with Crippen LogP contribution in [-0.4, -0.2) is 6.54 Å². The summed E-state index contributed by atoms with van der Waals surface area (Å²) < 4.78 is 1.49. The van der Waals surface area contributed by atoms with Crippen LogP contribution in [0.4, 0.5) is 0 Å². The van der Waals surface area contributed by atoms with Crippen LogP contribution in [-0.2, 0) is 19.4 Å². The number of hydrogen-bond acceptors (Lipinski definition) is 2. The number of fused-ring (bicyclic) bond motifs is 2. The van der Waals surface area contributed by atoms with Gasteiger partial charge < -0.3 is 5.32 Å². The van der Waals surface area contributed by atoms with Crippen LogP contribution < -0.4 is 5.32 Å². The molecule has 1 aliphatic rings. The molecule has 1 aromatic heterocycles. The number of benzene rings is 1. The summed E-state index contributed by atoms with van der Waals surface area (Å²) >= 11 is 1.98. The summed E-state index contributed by atoms with van der Waals surface area (Å²) in [5, 5.41) is 5.06. The first kappa shape index (κ1) is 13.1. The largest absolute Gasteiger partial charge is 0.312 e. The summed E-state index contributed by atoms with van der Waals surface area (Å²) in [6, 6.07) is 4.90. The van der Waals surface area contributed by atoms with Crippen LogP contribution >= 0.6 is 11.3 Å². The Bertz CT molecular complexity index is 595. The van der Waals surface area contributed by atoms with Crippen molar-refractivity contribution in [2.45, 2.75) is 46.6 Å². The van der Waals surface area contributed by atoms with Crippen LogP contribution in [0, 0.1) is 12.8 Å². The normalized spacial score (nSPS) is 14.5. The standard InChI is InChI=1S/C17H23NS/c1-11(2)9-18-10-17-12(3)15-7-13-5-4-6-14(13)8-16(15)19-17/h7-8,11,18H,4-6,9-10H2,1-3H3. The number of aryl methyl sites for hydroxylation is 3. The first-order valence-electron chi connectivity index (χ1n) is 7.39. The molecule has 3 rings (SSSR count). The Hall–Kier alpha value is -0.860. The Kier molecular flexibility index (Phi) is 3.64. The molecule has 0 saturated heterocycles. The van der Waals surface area contributed by atoms with Gasteiger partial charge in [-0.15, -0.1) is 11.3 Å². The van der Waals surface area contributed by atoms with Crippen LogP contribution in [0.2, 0.25) is 0 Å². The van der Waals surface area contributed by atoms with E-state index in [4.69, 9.17) is 0 Å². The summed E-state index contributed by atoms with van der Waals surface area (Å²) in [5.74, 6) is 0.721. The van der Waals surface area contributed by atoms with Crippen molar-refractivity contribution in [3.05, 3.63) is 33.7 Å². The molecule has 2 heteroatoms. The molecule has 0 radical (unpaired) electrons. The van der Waals surface area contributed by atoms with E-state index in [-0.39, 0.29) is 0 Å². The van der Waals surface area contributed by atoms with Crippen molar-refractivity contribution in [1.29, 1.82) is 0 Å². The van der Waals surface area contributed by atoms with Gasteiger partial charge in [0.15, 0.2) is 0 Å². The van der Waals surface area contributed by atoms with Gasteiger partial charge in [-0.05, 0) is 72.9 Å². The number of rotatable bonds is 4.